The van der Waals surface area contributed by atoms with Crippen LogP contribution in [0.1, 0.15) is 39.7 Å². The first-order valence-electron chi connectivity index (χ1n) is 6.46. The van der Waals surface area contributed by atoms with Crippen LogP contribution in [0.5, 0.6) is 0 Å². The highest BCUT2D eigenvalue weighted by molar-refractivity contribution is 7.91. The largest absolute Gasteiger partial charge is 0.477 e. The quantitative estimate of drug-likeness (QED) is 0.924. The second kappa shape index (κ2) is 4.86. The fourth-order valence-electron chi connectivity index (χ4n) is 2.70. The summed E-state index contributed by atoms with van der Waals surface area (Å²) in [6, 6.07) is 7.08. The number of aromatic carboxylic acids is 1. The zero-order valence-corrected chi connectivity index (χ0v) is 12.3. The van der Waals surface area contributed by atoms with Gasteiger partial charge in [0.25, 0.3) is 0 Å². The lowest BCUT2D eigenvalue weighted by Crippen LogP contribution is -2.21. The van der Waals surface area contributed by atoms with E-state index >= 15 is 0 Å². The summed E-state index contributed by atoms with van der Waals surface area (Å²) in [6.45, 7) is 0. The Kier molecular flexibility index (Phi) is 3.30. The molecular formula is C14H14O4S2. The lowest BCUT2D eigenvalue weighted by Gasteiger charge is -2.22. The molecule has 20 heavy (non-hydrogen) atoms. The lowest BCUT2D eigenvalue weighted by molar-refractivity contribution is 0.0702. The van der Waals surface area contributed by atoms with Crippen LogP contribution in [-0.2, 0) is 9.84 Å². The average Bonchev–Trinajstić information content (AvgIpc) is 2.81. The Morgan fingerprint density at radius 3 is 2.75 bits per heavy atom. The van der Waals surface area contributed by atoms with E-state index in [4.69, 9.17) is 5.11 Å². The van der Waals surface area contributed by atoms with Gasteiger partial charge < -0.3 is 5.11 Å². The zero-order valence-electron chi connectivity index (χ0n) is 10.7. The molecule has 6 heteroatoms. The van der Waals surface area contributed by atoms with Crippen LogP contribution in [0.4, 0.5) is 0 Å². The third-order valence-electron chi connectivity index (χ3n) is 3.70. The standard InChI is InChI=1S/C14H14O4S2/c15-14(16)12-8-10-7-9(4-5-11(10)19-12)13-3-1-2-6-20(13,17)18/h4-5,7-8,13H,1-3,6H2,(H,15,16). The van der Waals surface area contributed by atoms with Crippen LogP contribution in [0.25, 0.3) is 10.1 Å². The Balaban J connectivity index is 2.06. The van der Waals surface area contributed by atoms with E-state index in [-0.39, 0.29) is 10.6 Å². The molecule has 0 spiro atoms. The predicted octanol–water partition coefficient (Wildman–Crippen LogP) is 3.24. The molecule has 1 aromatic carbocycles. The SMILES string of the molecule is O=C(O)c1cc2cc(C3CCCCS3(=O)=O)ccc2s1. The minimum absolute atomic E-state index is 0.250. The van der Waals surface area contributed by atoms with Crippen LogP contribution >= 0.6 is 11.3 Å². The monoisotopic (exact) mass is 310 g/mol. The number of carboxylic acid groups (broad SMARTS) is 1. The van der Waals surface area contributed by atoms with E-state index in [9.17, 15) is 13.2 Å². The normalized spacial score (nSPS) is 21.9. The molecule has 106 valence electrons. The van der Waals surface area contributed by atoms with Gasteiger partial charge in [0, 0.05) is 4.70 Å². The molecule has 1 saturated heterocycles. The first-order chi connectivity index (χ1) is 9.47. The molecule has 1 unspecified atom stereocenters. The van der Waals surface area contributed by atoms with Gasteiger partial charge in [-0.05, 0) is 42.0 Å². The maximum atomic E-state index is 12.1. The summed E-state index contributed by atoms with van der Waals surface area (Å²) in [4.78, 5) is 11.3. The predicted molar refractivity (Wildman–Crippen MR) is 79.2 cm³/mol. The highest BCUT2D eigenvalue weighted by Crippen LogP contribution is 2.36. The molecule has 1 fully saturated rings. The Labute approximate surface area is 121 Å². The number of carboxylic acids is 1. The van der Waals surface area contributed by atoms with Gasteiger partial charge in [-0.2, -0.15) is 0 Å². The number of hydrogen-bond donors (Lipinski definition) is 1. The number of rotatable bonds is 2. The van der Waals surface area contributed by atoms with Gasteiger partial charge in [-0.1, -0.05) is 12.5 Å². The highest BCUT2D eigenvalue weighted by Gasteiger charge is 2.30. The molecule has 0 aliphatic carbocycles. The fourth-order valence-corrected chi connectivity index (χ4v) is 5.56. The smallest absolute Gasteiger partial charge is 0.345 e. The summed E-state index contributed by atoms with van der Waals surface area (Å²) in [6.07, 6.45) is 2.32. The molecule has 1 aromatic heterocycles. The van der Waals surface area contributed by atoms with Crippen molar-refractivity contribution in [2.45, 2.75) is 24.5 Å². The van der Waals surface area contributed by atoms with Gasteiger partial charge in [-0.25, -0.2) is 13.2 Å². The number of benzene rings is 1. The summed E-state index contributed by atoms with van der Waals surface area (Å²) in [5.41, 5.74) is 0.784. The molecule has 1 N–H and O–H groups in total. The van der Waals surface area contributed by atoms with Gasteiger partial charge >= 0.3 is 5.97 Å². The van der Waals surface area contributed by atoms with Crippen molar-refractivity contribution in [2.24, 2.45) is 0 Å². The number of hydrogen-bond acceptors (Lipinski definition) is 4. The van der Waals surface area contributed by atoms with Gasteiger partial charge in [0.05, 0.1) is 11.0 Å². The molecule has 4 nitrogen and oxygen atoms in total. The summed E-state index contributed by atoms with van der Waals surface area (Å²) in [5, 5.41) is 9.38. The van der Waals surface area contributed by atoms with Gasteiger partial charge in [-0.15, -0.1) is 11.3 Å². The molecular weight excluding hydrogens is 296 g/mol. The fraction of sp³-hybridized carbons (Fsp3) is 0.357. The molecule has 0 saturated carbocycles. The Morgan fingerprint density at radius 1 is 1.25 bits per heavy atom. The average molecular weight is 310 g/mol. The van der Waals surface area contributed by atoms with Gasteiger partial charge in [0.15, 0.2) is 9.84 Å². The molecule has 0 amide bonds. The van der Waals surface area contributed by atoms with Crippen molar-refractivity contribution in [2.75, 3.05) is 5.75 Å². The molecule has 0 radical (unpaired) electrons. The van der Waals surface area contributed by atoms with Crippen molar-refractivity contribution in [1.82, 2.24) is 0 Å². The maximum Gasteiger partial charge on any atom is 0.345 e. The van der Waals surface area contributed by atoms with E-state index in [0.29, 0.717) is 6.42 Å². The van der Waals surface area contributed by atoms with Crippen LogP contribution < -0.4 is 0 Å². The van der Waals surface area contributed by atoms with E-state index in [2.05, 4.69) is 0 Å². The van der Waals surface area contributed by atoms with E-state index in [1.807, 2.05) is 18.2 Å². The van der Waals surface area contributed by atoms with Crippen molar-refractivity contribution in [3.05, 3.63) is 34.7 Å². The third-order valence-corrected chi connectivity index (χ3v) is 7.04. The van der Waals surface area contributed by atoms with Gasteiger partial charge in [0.1, 0.15) is 4.88 Å². The summed E-state index contributed by atoms with van der Waals surface area (Å²) >= 11 is 1.21. The molecule has 0 bridgehead atoms. The van der Waals surface area contributed by atoms with E-state index < -0.39 is 21.1 Å². The minimum Gasteiger partial charge on any atom is -0.477 e. The molecule has 1 aliphatic heterocycles. The summed E-state index contributed by atoms with van der Waals surface area (Å²) in [5.74, 6) is -0.697. The molecule has 3 rings (SSSR count). The second-order valence-corrected chi connectivity index (χ2v) is 8.45. The van der Waals surface area contributed by atoms with Crippen LogP contribution in [-0.4, -0.2) is 25.2 Å². The molecule has 2 heterocycles. The number of sulfone groups is 1. The van der Waals surface area contributed by atoms with Crippen molar-refractivity contribution in [1.29, 1.82) is 0 Å². The van der Waals surface area contributed by atoms with E-state index in [0.717, 1.165) is 28.5 Å². The summed E-state index contributed by atoms with van der Waals surface area (Å²) < 4.78 is 25.2. The lowest BCUT2D eigenvalue weighted by atomic mass is 10.0. The first-order valence-corrected chi connectivity index (χ1v) is 8.99. The number of carbonyl (C=O) groups is 1. The molecule has 1 aliphatic rings. The van der Waals surface area contributed by atoms with Crippen molar-refractivity contribution in [3.63, 3.8) is 0 Å². The Hall–Kier alpha value is -1.40. The van der Waals surface area contributed by atoms with E-state index in [1.54, 1.807) is 6.07 Å². The van der Waals surface area contributed by atoms with Crippen LogP contribution in [0.3, 0.4) is 0 Å². The maximum absolute atomic E-state index is 12.1. The highest BCUT2D eigenvalue weighted by atomic mass is 32.2. The summed E-state index contributed by atoms with van der Waals surface area (Å²) in [7, 11) is -3.07. The first kappa shape index (κ1) is 13.6. The van der Waals surface area contributed by atoms with Crippen LogP contribution in [0.2, 0.25) is 0 Å². The van der Waals surface area contributed by atoms with E-state index in [1.165, 1.54) is 11.3 Å². The molecule has 2 aromatic rings. The Morgan fingerprint density at radius 2 is 2.05 bits per heavy atom. The van der Waals surface area contributed by atoms with Crippen LogP contribution in [0.15, 0.2) is 24.3 Å². The van der Waals surface area contributed by atoms with Gasteiger partial charge in [-0.3, -0.25) is 0 Å². The van der Waals surface area contributed by atoms with Gasteiger partial charge in [0.2, 0.25) is 0 Å². The minimum atomic E-state index is -3.07. The second-order valence-electron chi connectivity index (χ2n) is 5.06. The van der Waals surface area contributed by atoms with Crippen molar-refractivity contribution in [3.8, 4) is 0 Å². The van der Waals surface area contributed by atoms with Crippen molar-refractivity contribution >= 4 is 37.2 Å². The molecule has 1 atom stereocenters. The number of fused-ring (bicyclic) bond motifs is 1. The van der Waals surface area contributed by atoms with Crippen molar-refractivity contribution < 1.29 is 18.3 Å². The third kappa shape index (κ3) is 2.33. The van der Waals surface area contributed by atoms with Crippen LogP contribution in [0, 0.1) is 0 Å². The topological polar surface area (TPSA) is 71.4 Å². The zero-order chi connectivity index (χ0) is 14.3. The number of thiophene rings is 1. The Bertz CT molecular complexity index is 774.